The molecule has 4 heteroatoms. The van der Waals surface area contributed by atoms with Gasteiger partial charge in [-0.25, -0.2) is 0 Å². The van der Waals surface area contributed by atoms with Gasteiger partial charge < -0.3 is 16.6 Å². The summed E-state index contributed by atoms with van der Waals surface area (Å²) in [4.78, 5) is 10.3. The molecule has 170 valence electrons. The number of nitrogens with two attached hydrogens (primary N) is 2. The molecule has 0 saturated heterocycles. The van der Waals surface area contributed by atoms with Crippen LogP contribution in [0.4, 0.5) is 0 Å². The van der Waals surface area contributed by atoms with Crippen molar-refractivity contribution >= 4 is 5.97 Å². The molecule has 0 aromatic rings. The third-order valence-electron chi connectivity index (χ3n) is 5.14. The van der Waals surface area contributed by atoms with Gasteiger partial charge in [-0.15, -0.1) is 0 Å². The molecule has 0 unspecified atom stereocenters. The molecular weight excluding hydrogens is 348 g/mol. The fraction of sp³-hybridized carbons (Fsp3) is 0.958. The van der Waals surface area contributed by atoms with Crippen LogP contribution >= 0.6 is 0 Å². The Balaban J connectivity index is 0. The van der Waals surface area contributed by atoms with Crippen LogP contribution in [0.15, 0.2) is 0 Å². The van der Waals surface area contributed by atoms with Gasteiger partial charge in [0.15, 0.2) is 0 Å². The number of hydrogen-bond acceptors (Lipinski definition) is 3. The summed E-state index contributed by atoms with van der Waals surface area (Å²) in [5.74, 6) is -0.653. The number of carboxylic acid groups (broad SMARTS) is 1. The van der Waals surface area contributed by atoms with Crippen molar-refractivity contribution in [2.45, 2.75) is 148 Å². The van der Waals surface area contributed by atoms with Crippen LogP contribution in [0.2, 0.25) is 0 Å². The van der Waals surface area contributed by atoms with Gasteiger partial charge in [0.1, 0.15) is 0 Å². The molecule has 0 aliphatic carbocycles. The lowest BCUT2D eigenvalue weighted by Gasteiger charge is -2.03. The van der Waals surface area contributed by atoms with Crippen LogP contribution in [-0.2, 0) is 4.79 Å². The van der Waals surface area contributed by atoms with Gasteiger partial charge in [-0.2, -0.15) is 0 Å². The Morgan fingerprint density at radius 2 is 0.929 bits per heavy atom. The van der Waals surface area contributed by atoms with E-state index in [0.29, 0.717) is 6.42 Å². The lowest BCUT2D eigenvalue weighted by molar-refractivity contribution is -0.137. The van der Waals surface area contributed by atoms with Crippen LogP contribution in [0.25, 0.3) is 0 Å². The van der Waals surface area contributed by atoms with Crippen LogP contribution in [0.5, 0.6) is 0 Å². The summed E-state index contributed by atoms with van der Waals surface area (Å²) in [7, 11) is 0. The van der Waals surface area contributed by atoms with Gasteiger partial charge in [-0.05, 0) is 12.8 Å². The average molecular weight is 401 g/mol. The molecule has 0 amide bonds. The Labute approximate surface area is 176 Å². The minimum absolute atomic E-state index is 0.0958. The Hall–Kier alpha value is -0.610. The molecule has 0 aliphatic rings. The van der Waals surface area contributed by atoms with E-state index in [4.69, 9.17) is 16.6 Å². The first-order valence-corrected chi connectivity index (χ1v) is 12.3. The first kappa shape index (κ1) is 29.6. The standard InChI is InChI=1S/C18H36O2.C6H16N2/c1-2-3-4-5-6-7-8-9-10-11-12-13-14-15-16-17-18(19)20;1-2-3-4-5-6(7)8/h2-17H2,1H3,(H,19,20);6H,2-5,7-8H2,1H3. The summed E-state index contributed by atoms with van der Waals surface area (Å²) in [5.41, 5.74) is 10.6. The first-order chi connectivity index (χ1) is 13.5. The highest BCUT2D eigenvalue weighted by Gasteiger charge is 1.97. The predicted molar refractivity (Wildman–Crippen MR) is 123 cm³/mol. The highest BCUT2D eigenvalue weighted by molar-refractivity contribution is 5.66. The largest absolute Gasteiger partial charge is 0.481 e. The number of unbranched alkanes of at least 4 members (excludes halogenated alkanes) is 16. The smallest absolute Gasteiger partial charge is 0.303 e. The molecule has 5 N–H and O–H groups in total. The fourth-order valence-electron chi connectivity index (χ4n) is 3.28. The van der Waals surface area contributed by atoms with E-state index in [1.807, 2.05) is 0 Å². The third kappa shape index (κ3) is 33.0. The van der Waals surface area contributed by atoms with Gasteiger partial charge in [0.05, 0.1) is 6.17 Å². The quantitative estimate of drug-likeness (QED) is 0.150. The SMILES string of the molecule is CCCCCC(N)N.CCCCCCCCCCCCCCCCCC(=O)O. The van der Waals surface area contributed by atoms with E-state index in [1.165, 1.54) is 103 Å². The second-order valence-corrected chi connectivity index (χ2v) is 8.25. The fourth-order valence-corrected chi connectivity index (χ4v) is 3.28. The number of hydrogen-bond donors (Lipinski definition) is 3. The number of aliphatic carboxylic acids is 1. The zero-order valence-electron chi connectivity index (χ0n) is 19.2. The van der Waals surface area contributed by atoms with Gasteiger partial charge in [-0.1, -0.05) is 123 Å². The maximum atomic E-state index is 10.3. The minimum Gasteiger partial charge on any atom is -0.481 e. The molecule has 0 atom stereocenters. The van der Waals surface area contributed by atoms with Crippen LogP contribution < -0.4 is 11.5 Å². The van der Waals surface area contributed by atoms with Gasteiger partial charge in [-0.3, -0.25) is 4.79 Å². The van der Waals surface area contributed by atoms with Crippen LogP contribution in [0.3, 0.4) is 0 Å². The average Bonchev–Trinajstić information content (AvgIpc) is 2.65. The molecule has 0 fully saturated rings. The van der Waals surface area contributed by atoms with E-state index < -0.39 is 5.97 Å². The summed E-state index contributed by atoms with van der Waals surface area (Å²) < 4.78 is 0. The van der Waals surface area contributed by atoms with Crippen molar-refractivity contribution in [2.75, 3.05) is 0 Å². The maximum absolute atomic E-state index is 10.3. The predicted octanol–water partition coefficient (Wildman–Crippen LogP) is 7.14. The molecule has 0 aliphatic heterocycles. The van der Waals surface area contributed by atoms with Crippen molar-refractivity contribution in [2.24, 2.45) is 11.5 Å². The molecule has 28 heavy (non-hydrogen) atoms. The van der Waals surface area contributed by atoms with Gasteiger partial charge in [0.2, 0.25) is 0 Å². The van der Waals surface area contributed by atoms with E-state index in [2.05, 4.69) is 13.8 Å². The second kappa shape index (κ2) is 26.4. The summed E-state index contributed by atoms with van der Waals surface area (Å²) >= 11 is 0. The Morgan fingerprint density at radius 3 is 1.25 bits per heavy atom. The van der Waals surface area contributed by atoms with Crippen molar-refractivity contribution < 1.29 is 9.90 Å². The van der Waals surface area contributed by atoms with E-state index in [0.717, 1.165) is 19.3 Å². The zero-order chi connectivity index (χ0) is 21.3. The van der Waals surface area contributed by atoms with E-state index in [9.17, 15) is 4.79 Å². The third-order valence-corrected chi connectivity index (χ3v) is 5.14. The lowest BCUT2D eigenvalue weighted by atomic mass is 10.0. The molecule has 0 aromatic carbocycles. The minimum atomic E-state index is -0.653. The van der Waals surface area contributed by atoms with Gasteiger partial charge in [0.25, 0.3) is 0 Å². The molecule has 0 saturated carbocycles. The summed E-state index contributed by atoms with van der Waals surface area (Å²) in [6, 6.07) is 0. The van der Waals surface area contributed by atoms with Crippen molar-refractivity contribution in [1.82, 2.24) is 0 Å². The molecule has 0 heterocycles. The van der Waals surface area contributed by atoms with Crippen LogP contribution in [-0.4, -0.2) is 17.2 Å². The molecular formula is C24H52N2O2. The van der Waals surface area contributed by atoms with Crippen molar-refractivity contribution in [1.29, 1.82) is 0 Å². The Bertz CT molecular complexity index is 296. The highest BCUT2D eigenvalue weighted by Crippen LogP contribution is 2.13. The zero-order valence-corrected chi connectivity index (χ0v) is 19.2. The molecule has 0 spiro atoms. The maximum Gasteiger partial charge on any atom is 0.303 e. The van der Waals surface area contributed by atoms with Crippen molar-refractivity contribution in [3.63, 3.8) is 0 Å². The normalized spacial score (nSPS) is 10.8. The Morgan fingerprint density at radius 1 is 0.607 bits per heavy atom. The number of carbonyl (C=O) groups is 1. The summed E-state index contributed by atoms with van der Waals surface area (Å²) in [5, 5.41) is 8.52. The number of rotatable bonds is 20. The molecule has 0 radical (unpaired) electrons. The molecule has 0 rings (SSSR count). The highest BCUT2D eigenvalue weighted by atomic mass is 16.4. The van der Waals surface area contributed by atoms with Crippen LogP contribution in [0.1, 0.15) is 142 Å². The molecule has 0 aromatic heterocycles. The van der Waals surface area contributed by atoms with Crippen molar-refractivity contribution in [3.8, 4) is 0 Å². The van der Waals surface area contributed by atoms with E-state index >= 15 is 0 Å². The lowest BCUT2D eigenvalue weighted by Crippen LogP contribution is -2.29. The molecule has 4 nitrogen and oxygen atoms in total. The van der Waals surface area contributed by atoms with Crippen molar-refractivity contribution in [3.05, 3.63) is 0 Å². The monoisotopic (exact) mass is 400 g/mol. The summed E-state index contributed by atoms with van der Waals surface area (Å²) in [6.45, 7) is 4.44. The Kier molecular flexibility index (Phi) is 27.9. The van der Waals surface area contributed by atoms with E-state index in [-0.39, 0.29) is 6.17 Å². The van der Waals surface area contributed by atoms with E-state index in [1.54, 1.807) is 0 Å². The molecule has 0 bridgehead atoms. The summed E-state index contributed by atoms with van der Waals surface area (Å²) in [6.07, 6.45) is 24.7. The van der Waals surface area contributed by atoms with Crippen LogP contribution in [0, 0.1) is 0 Å². The first-order valence-electron chi connectivity index (χ1n) is 12.3. The second-order valence-electron chi connectivity index (χ2n) is 8.25. The van der Waals surface area contributed by atoms with Gasteiger partial charge >= 0.3 is 5.97 Å². The van der Waals surface area contributed by atoms with Gasteiger partial charge in [0, 0.05) is 6.42 Å². The topological polar surface area (TPSA) is 89.3 Å². The number of carboxylic acids is 1.